The van der Waals surface area contributed by atoms with Crippen molar-refractivity contribution in [2.24, 2.45) is 0 Å². The number of nitrogens with one attached hydrogen (secondary N) is 1. The zero-order valence-electron chi connectivity index (χ0n) is 11.1. The van der Waals surface area contributed by atoms with Gasteiger partial charge < -0.3 is 5.32 Å². The first-order valence-corrected chi connectivity index (χ1v) is 8.74. The summed E-state index contributed by atoms with van der Waals surface area (Å²) in [6.45, 7) is 2.13. The van der Waals surface area contributed by atoms with Gasteiger partial charge in [-0.25, -0.2) is 0 Å². The Kier molecular flexibility index (Phi) is 4.29. The SMILES string of the molecule is Cc1ccc(Br)cc1NC1CCSc2ccc(Cl)cc21. The predicted octanol–water partition coefficient (Wildman–Crippen LogP) is 6.06. The predicted molar refractivity (Wildman–Crippen MR) is 92.0 cm³/mol. The summed E-state index contributed by atoms with van der Waals surface area (Å²) >= 11 is 11.6. The van der Waals surface area contributed by atoms with E-state index in [-0.39, 0.29) is 0 Å². The Morgan fingerprint density at radius 2 is 2.10 bits per heavy atom. The number of thioether (sulfide) groups is 1. The summed E-state index contributed by atoms with van der Waals surface area (Å²) in [5, 5.41) is 4.48. The standard InChI is InChI=1S/C16H15BrClNS/c1-10-2-3-11(17)8-15(10)19-14-6-7-20-16-5-4-12(18)9-13(14)16/h2-5,8-9,14,19H,6-7H2,1H3. The van der Waals surface area contributed by atoms with Crippen LogP contribution in [0.25, 0.3) is 0 Å². The summed E-state index contributed by atoms with van der Waals surface area (Å²) in [5.41, 5.74) is 3.75. The van der Waals surface area contributed by atoms with Gasteiger partial charge >= 0.3 is 0 Å². The lowest BCUT2D eigenvalue weighted by Gasteiger charge is -2.27. The van der Waals surface area contributed by atoms with E-state index in [9.17, 15) is 0 Å². The maximum absolute atomic E-state index is 6.16. The van der Waals surface area contributed by atoms with Crippen molar-refractivity contribution in [1.29, 1.82) is 0 Å². The number of hydrogen-bond acceptors (Lipinski definition) is 2. The van der Waals surface area contributed by atoms with Crippen molar-refractivity contribution in [2.75, 3.05) is 11.1 Å². The first kappa shape index (κ1) is 14.3. The van der Waals surface area contributed by atoms with Crippen molar-refractivity contribution in [2.45, 2.75) is 24.3 Å². The Balaban J connectivity index is 1.93. The highest BCUT2D eigenvalue weighted by atomic mass is 79.9. The molecule has 1 atom stereocenters. The third kappa shape index (κ3) is 3.00. The summed E-state index contributed by atoms with van der Waals surface area (Å²) < 4.78 is 1.10. The number of fused-ring (bicyclic) bond motifs is 1. The van der Waals surface area contributed by atoms with Gasteiger partial charge in [0.25, 0.3) is 0 Å². The highest BCUT2D eigenvalue weighted by Gasteiger charge is 2.21. The molecule has 0 aromatic heterocycles. The van der Waals surface area contributed by atoms with Gasteiger partial charge in [0.05, 0.1) is 6.04 Å². The average molecular weight is 369 g/mol. The van der Waals surface area contributed by atoms with Crippen LogP contribution in [0.3, 0.4) is 0 Å². The van der Waals surface area contributed by atoms with Gasteiger partial charge in [-0.3, -0.25) is 0 Å². The minimum atomic E-state index is 0.331. The monoisotopic (exact) mass is 367 g/mol. The molecule has 0 spiro atoms. The molecule has 3 rings (SSSR count). The highest BCUT2D eigenvalue weighted by Crippen LogP contribution is 2.39. The van der Waals surface area contributed by atoms with Gasteiger partial charge in [-0.15, -0.1) is 11.8 Å². The molecule has 0 saturated heterocycles. The van der Waals surface area contributed by atoms with Gasteiger partial charge in [0.15, 0.2) is 0 Å². The fourth-order valence-electron chi connectivity index (χ4n) is 2.45. The van der Waals surface area contributed by atoms with E-state index in [1.165, 1.54) is 21.7 Å². The quantitative estimate of drug-likeness (QED) is 0.691. The Morgan fingerprint density at radius 3 is 2.95 bits per heavy atom. The summed E-state index contributed by atoms with van der Waals surface area (Å²) in [4.78, 5) is 1.34. The summed E-state index contributed by atoms with van der Waals surface area (Å²) in [6, 6.07) is 12.9. The van der Waals surface area contributed by atoms with Crippen molar-refractivity contribution in [3.8, 4) is 0 Å². The zero-order valence-corrected chi connectivity index (χ0v) is 14.3. The molecule has 1 N–H and O–H groups in total. The van der Waals surface area contributed by atoms with E-state index < -0.39 is 0 Å². The average Bonchev–Trinajstić information content (AvgIpc) is 2.43. The van der Waals surface area contributed by atoms with Gasteiger partial charge in [-0.1, -0.05) is 33.6 Å². The summed E-state index contributed by atoms with van der Waals surface area (Å²) in [6.07, 6.45) is 1.12. The third-order valence-electron chi connectivity index (χ3n) is 3.54. The third-order valence-corrected chi connectivity index (χ3v) is 5.39. The van der Waals surface area contributed by atoms with Gasteiger partial charge in [-0.2, -0.15) is 0 Å². The molecule has 0 radical (unpaired) electrons. The molecule has 1 nitrogen and oxygen atoms in total. The molecule has 0 saturated carbocycles. The van der Waals surface area contributed by atoms with Gasteiger partial charge in [0.1, 0.15) is 0 Å². The number of rotatable bonds is 2. The molecule has 0 bridgehead atoms. The fourth-order valence-corrected chi connectivity index (χ4v) is 4.10. The Bertz CT molecular complexity index is 644. The largest absolute Gasteiger partial charge is 0.378 e. The molecule has 0 amide bonds. The van der Waals surface area contributed by atoms with E-state index >= 15 is 0 Å². The van der Waals surface area contributed by atoms with Crippen molar-refractivity contribution in [3.05, 3.63) is 57.0 Å². The smallest absolute Gasteiger partial charge is 0.0533 e. The Hall–Kier alpha value is -0.640. The molecule has 104 valence electrons. The van der Waals surface area contributed by atoms with Crippen molar-refractivity contribution >= 4 is 45.0 Å². The number of anilines is 1. The molecule has 1 unspecified atom stereocenters. The topological polar surface area (TPSA) is 12.0 Å². The molecule has 1 aliphatic rings. The van der Waals surface area contributed by atoms with Gasteiger partial charge in [-0.05, 0) is 54.8 Å². The minimum Gasteiger partial charge on any atom is -0.378 e. The van der Waals surface area contributed by atoms with Crippen molar-refractivity contribution in [3.63, 3.8) is 0 Å². The summed E-state index contributed by atoms with van der Waals surface area (Å²) in [7, 11) is 0. The zero-order chi connectivity index (χ0) is 14.1. The van der Waals surface area contributed by atoms with E-state index in [1.54, 1.807) is 0 Å². The first-order valence-electron chi connectivity index (χ1n) is 6.58. The van der Waals surface area contributed by atoms with E-state index in [2.05, 4.69) is 58.5 Å². The lowest BCUT2D eigenvalue weighted by Crippen LogP contribution is -2.16. The van der Waals surface area contributed by atoms with E-state index in [1.807, 2.05) is 17.8 Å². The summed E-state index contributed by atoms with van der Waals surface area (Å²) in [5.74, 6) is 1.14. The van der Waals surface area contributed by atoms with Crippen molar-refractivity contribution < 1.29 is 0 Å². The Labute approximate surface area is 137 Å². The second kappa shape index (κ2) is 6.00. The van der Waals surface area contributed by atoms with E-state index in [4.69, 9.17) is 11.6 Å². The first-order chi connectivity index (χ1) is 9.63. The second-order valence-electron chi connectivity index (χ2n) is 4.98. The van der Waals surface area contributed by atoms with Crippen LogP contribution in [0.4, 0.5) is 5.69 Å². The van der Waals surface area contributed by atoms with Crippen LogP contribution in [0.5, 0.6) is 0 Å². The molecule has 4 heteroatoms. The lowest BCUT2D eigenvalue weighted by molar-refractivity contribution is 0.728. The molecule has 0 aliphatic carbocycles. The van der Waals surface area contributed by atoms with Crippen LogP contribution in [0.1, 0.15) is 23.6 Å². The number of hydrogen-bond donors (Lipinski definition) is 1. The van der Waals surface area contributed by atoms with Crippen LogP contribution in [0.15, 0.2) is 45.8 Å². The molecule has 20 heavy (non-hydrogen) atoms. The van der Waals surface area contributed by atoms with Crippen LogP contribution in [-0.2, 0) is 0 Å². The molecule has 1 aliphatic heterocycles. The van der Waals surface area contributed by atoms with Crippen LogP contribution >= 0.6 is 39.3 Å². The molecular weight excluding hydrogens is 354 g/mol. The van der Waals surface area contributed by atoms with Crippen molar-refractivity contribution in [1.82, 2.24) is 0 Å². The maximum Gasteiger partial charge on any atom is 0.0533 e. The minimum absolute atomic E-state index is 0.331. The van der Waals surface area contributed by atoms with Gasteiger partial charge in [0, 0.05) is 25.8 Å². The Morgan fingerprint density at radius 1 is 1.25 bits per heavy atom. The van der Waals surface area contributed by atoms with Crippen LogP contribution in [0.2, 0.25) is 5.02 Å². The normalized spacial score (nSPS) is 17.6. The number of halogens is 2. The van der Waals surface area contributed by atoms with Crippen LogP contribution in [-0.4, -0.2) is 5.75 Å². The maximum atomic E-state index is 6.16. The highest BCUT2D eigenvalue weighted by molar-refractivity contribution is 9.10. The lowest BCUT2D eigenvalue weighted by atomic mass is 10.0. The molecule has 2 aromatic rings. The molecular formula is C16H15BrClNS. The van der Waals surface area contributed by atoms with Crippen LogP contribution in [0, 0.1) is 6.92 Å². The van der Waals surface area contributed by atoms with E-state index in [0.29, 0.717) is 6.04 Å². The fraction of sp³-hybridized carbons (Fsp3) is 0.250. The van der Waals surface area contributed by atoms with Gasteiger partial charge in [0.2, 0.25) is 0 Å². The van der Waals surface area contributed by atoms with Crippen LogP contribution < -0.4 is 5.32 Å². The molecule has 2 aromatic carbocycles. The second-order valence-corrected chi connectivity index (χ2v) is 7.46. The van der Waals surface area contributed by atoms with E-state index in [0.717, 1.165) is 21.7 Å². The number of aryl methyl sites for hydroxylation is 1. The molecule has 0 fully saturated rings. The molecule has 1 heterocycles. The number of benzene rings is 2.